The molecule has 0 spiro atoms. The summed E-state index contributed by atoms with van der Waals surface area (Å²) in [6.07, 6.45) is 6.85. The minimum absolute atomic E-state index is 0.342. The fraction of sp³-hybridized carbons (Fsp3) is 0.304. The van der Waals surface area contributed by atoms with Gasteiger partial charge < -0.3 is 34.7 Å². The molecule has 0 saturated carbocycles. The smallest absolute Gasteiger partial charge is 0.248 e. The zero-order valence-electron chi connectivity index (χ0n) is 19.6. The molecule has 4 aromatic rings. The molecule has 0 aliphatic carbocycles. The second kappa shape index (κ2) is 9.05. The zero-order chi connectivity index (χ0) is 24.5. The van der Waals surface area contributed by atoms with Crippen LogP contribution < -0.4 is 30.2 Å². The van der Waals surface area contributed by atoms with E-state index in [0.29, 0.717) is 47.8 Å². The number of imidazole rings is 1. The predicted molar refractivity (Wildman–Crippen MR) is 129 cm³/mol. The highest BCUT2D eigenvalue weighted by atomic mass is 16.5. The van der Waals surface area contributed by atoms with E-state index in [1.165, 1.54) is 0 Å². The van der Waals surface area contributed by atoms with E-state index in [9.17, 15) is 4.79 Å². The van der Waals surface area contributed by atoms with Gasteiger partial charge in [0.25, 0.3) is 0 Å². The van der Waals surface area contributed by atoms with E-state index in [1.54, 1.807) is 38.4 Å². The van der Waals surface area contributed by atoms with Gasteiger partial charge in [-0.15, -0.1) is 5.10 Å². The number of nitrogens with zero attached hydrogens (tertiary/aromatic N) is 6. The first-order chi connectivity index (χ1) is 17.0. The molecule has 1 saturated heterocycles. The molecule has 12 nitrogen and oxygen atoms in total. The van der Waals surface area contributed by atoms with Gasteiger partial charge in [-0.3, -0.25) is 4.79 Å². The average molecular weight is 479 g/mol. The van der Waals surface area contributed by atoms with Gasteiger partial charge in [0.15, 0.2) is 23.1 Å². The second-order valence-electron chi connectivity index (χ2n) is 8.03. The van der Waals surface area contributed by atoms with Crippen LogP contribution in [0.4, 0.5) is 17.6 Å². The van der Waals surface area contributed by atoms with Crippen LogP contribution in [0.2, 0.25) is 0 Å². The van der Waals surface area contributed by atoms with Crippen LogP contribution in [0, 0.1) is 0 Å². The molecule has 1 atom stereocenters. The average Bonchev–Trinajstić information content (AvgIpc) is 3.63. The van der Waals surface area contributed by atoms with Gasteiger partial charge in [-0.1, -0.05) is 0 Å². The Hall–Kier alpha value is -4.48. The molecule has 1 aromatic carbocycles. The summed E-state index contributed by atoms with van der Waals surface area (Å²) in [5.74, 6) is 2.74. The number of carbonyl (C=O) groups is 1. The summed E-state index contributed by atoms with van der Waals surface area (Å²) in [5.41, 5.74) is 7.20. The van der Waals surface area contributed by atoms with Gasteiger partial charge in [0.1, 0.15) is 17.9 Å². The normalized spacial score (nSPS) is 15.4. The van der Waals surface area contributed by atoms with Crippen LogP contribution in [0.15, 0.2) is 43.0 Å². The number of rotatable bonds is 8. The molecule has 1 aliphatic rings. The number of amides is 1. The molecule has 1 aliphatic heterocycles. The van der Waals surface area contributed by atoms with Crippen molar-refractivity contribution < 1.29 is 19.0 Å². The van der Waals surface area contributed by atoms with Crippen molar-refractivity contribution in [3.63, 3.8) is 0 Å². The Morgan fingerprint density at radius 1 is 1.17 bits per heavy atom. The molecule has 1 unspecified atom stereocenters. The lowest BCUT2D eigenvalue weighted by molar-refractivity contribution is -0.119. The number of carbonyl (C=O) groups excluding carboxylic acids is 1. The van der Waals surface area contributed by atoms with Crippen LogP contribution in [-0.4, -0.2) is 64.0 Å². The van der Waals surface area contributed by atoms with Crippen LogP contribution in [0.25, 0.3) is 11.2 Å². The van der Waals surface area contributed by atoms with Crippen LogP contribution in [0.1, 0.15) is 12.8 Å². The van der Waals surface area contributed by atoms with Gasteiger partial charge in [-0.2, -0.15) is 4.98 Å². The standard InChI is InChI=1S/C23H26N8O4/c1-33-17-10-14(11-18(34-2)20(17)35-3)29-12-19(25-13-29)26-23-27-22(16-7-5-9-31(16)28-23)30-8-4-6-15(30)21(24)32/h5,7,9-13,15H,4,6,8H2,1-3H3,(H2,24,32)(H,26,28). The molecule has 3 N–H and O–H groups in total. The number of ether oxygens (including phenoxy) is 3. The maximum Gasteiger partial charge on any atom is 0.248 e. The van der Waals surface area contributed by atoms with E-state index >= 15 is 0 Å². The van der Waals surface area contributed by atoms with Crippen molar-refractivity contribution in [2.75, 3.05) is 38.1 Å². The van der Waals surface area contributed by atoms with Crippen molar-refractivity contribution in [2.24, 2.45) is 5.73 Å². The molecule has 5 rings (SSSR count). The minimum atomic E-state index is -0.393. The number of hydrogen-bond acceptors (Lipinski definition) is 9. The fourth-order valence-corrected chi connectivity index (χ4v) is 4.36. The molecule has 35 heavy (non-hydrogen) atoms. The number of fused-ring (bicyclic) bond motifs is 1. The van der Waals surface area contributed by atoms with Crippen molar-refractivity contribution in [3.05, 3.63) is 43.0 Å². The summed E-state index contributed by atoms with van der Waals surface area (Å²) >= 11 is 0. The predicted octanol–water partition coefficient (Wildman–Crippen LogP) is 2.14. The molecule has 3 aromatic heterocycles. The Kier molecular flexibility index (Phi) is 5.77. The Morgan fingerprint density at radius 3 is 2.63 bits per heavy atom. The summed E-state index contributed by atoms with van der Waals surface area (Å²) in [5, 5.41) is 7.70. The maximum atomic E-state index is 12.0. The van der Waals surface area contributed by atoms with Crippen molar-refractivity contribution in [1.29, 1.82) is 0 Å². The van der Waals surface area contributed by atoms with Crippen LogP contribution in [0.3, 0.4) is 0 Å². The first kappa shape index (κ1) is 22.3. The number of nitrogens with two attached hydrogens (primary N) is 1. The Balaban J connectivity index is 1.47. The van der Waals surface area contributed by atoms with E-state index in [2.05, 4.69) is 15.4 Å². The molecule has 182 valence electrons. The summed E-state index contributed by atoms with van der Waals surface area (Å²) < 4.78 is 19.8. The highest BCUT2D eigenvalue weighted by Crippen LogP contribution is 2.39. The molecule has 0 radical (unpaired) electrons. The van der Waals surface area contributed by atoms with Crippen LogP contribution in [0.5, 0.6) is 17.2 Å². The van der Waals surface area contributed by atoms with E-state index < -0.39 is 6.04 Å². The lowest BCUT2D eigenvalue weighted by atomic mass is 10.2. The maximum absolute atomic E-state index is 12.0. The largest absolute Gasteiger partial charge is 0.493 e. The van der Waals surface area contributed by atoms with Crippen molar-refractivity contribution in [3.8, 4) is 22.9 Å². The summed E-state index contributed by atoms with van der Waals surface area (Å²) in [6, 6.07) is 7.05. The summed E-state index contributed by atoms with van der Waals surface area (Å²) in [6.45, 7) is 0.695. The van der Waals surface area contributed by atoms with E-state index in [4.69, 9.17) is 24.9 Å². The molecule has 1 amide bonds. The molecular formula is C23H26N8O4. The van der Waals surface area contributed by atoms with Crippen molar-refractivity contribution in [2.45, 2.75) is 18.9 Å². The zero-order valence-corrected chi connectivity index (χ0v) is 19.6. The molecular weight excluding hydrogens is 452 g/mol. The van der Waals surface area contributed by atoms with Crippen molar-refractivity contribution >= 4 is 29.0 Å². The third kappa shape index (κ3) is 4.03. The lowest BCUT2D eigenvalue weighted by Crippen LogP contribution is -2.41. The number of hydrogen-bond donors (Lipinski definition) is 2. The first-order valence-electron chi connectivity index (χ1n) is 11.0. The van der Waals surface area contributed by atoms with Gasteiger partial charge in [0, 0.05) is 24.9 Å². The molecule has 1 fully saturated rings. The number of nitrogens with one attached hydrogen (secondary N) is 1. The number of anilines is 3. The highest BCUT2D eigenvalue weighted by molar-refractivity contribution is 5.86. The van der Waals surface area contributed by atoms with E-state index in [-0.39, 0.29) is 5.91 Å². The Bertz CT molecular complexity index is 1360. The number of methoxy groups -OCH3 is 3. The molecule has 12 heteroatoms. The Labute approximate surface area is 201 Å². The summed E-state index contributed by atoms with van der Waals surface area (Å²) in [4.78, 5) is 23.1. The van der Waals surface area contributed by atoms with E-state index in [1.807, 2.05) is 39.9 Å². The van der Waals surface area contributed by atoms with E-state index in [0.717, 1.165) is 17.6 Å². The monoisotopic (exact) mass is 478 g/mol. The van der Waals surface area contributed by atoms with Gasteiger partial charge in [0.05, 0.1) is 33.2 Å². The van der Waals surface area contributed by atoms with Gasteiger partial charge >= 0.3 is 0 Å². The third-order valence-corrected chi connectivity index (χ3v) is 5.99. The second-order valence-corrected chi connectivity index (χ2v) is 8.03. The SMILES string of the molecule is COc1cc(-n2cnc(Nc3nc(N4CCCC4C(N)=O)c4cccn4n3)c2)cc(OC)c1OC. The van der Waals surface area contributed by atoms with Gasteiger partial charge in [-0.25, -0.2) is 9.50 Å². The lowest BCUT2D eigenvalue weighted by Gasteiger charge is -2.24. The number of primary amides is 1. The number of aromatic nitrogens is 5. The topological polar surface area (TPSA) is 134 Å². The van der Waals surface area contributed by atoms with Crippen molar-refractivity contribution in [1.82, 2.24) is 24.1 Å². The fourth-order valence-electron chi connectivity index (χ4n) is 4.36. The third-order valence-electron chi connectivity index (χ3n) is 5.99. The van der Waals surface area contributed by atoms with Crippen LogP contribution >= 0.6 is 0 Å². The summed E-state index contributed by atoms with van der Waals surface area (Å²) in [7, 11) is 4.69. The minimum Gasteiger partial charge on any atom is -0.493 e. The van der Waals surface area contributed by atoms with Gasteiger partial charge in [0.2, 0.25) is 17.6 Å². The molecule has 4 heterocycles. The van der Waals surface area contributed by atoms with Gasteiger partial charge in [-0.05, 0) is 25.0 Å². The highest BCUT2D eigenvalue weighted by Gasteiger charge is 2.31. The quantitative estimate of drug-likeness (QED) is 0.390. The Morgan fingerprint density at radius 2 is 1.94 bits per heavy atom. The first-order valence-corrected chi connectivity index (χ1v) is 11.0. The van der Waals surface area contributed by atoms with Crippen LogP contribution in [-0.2, 0) is 4.79 Å². The number of benzene rings is 1. The molecule has 0 bridgehead atoms.